The minimum absolute atomic E-state index is 0.0351. The maximum absolute atomic E-state index is 10.7. The van der Waals surface area contributed by atoms with Crippen molar-refractivity contribution in [3.8, 4) is 0 Å². The quantitative estimate of drug-likeness (QED) is 0.728. The van der Waals surface area contributed by atoms with E-state index in [2.05, 4.69) is 5.32 Å². The summed E-state index contributed by atoms with van der Waals surface area (Å²) in [5.74, 6) is -0.477. The Kier molecular flexibility index (Phi) is 2.60. The third-order valence-corrected chi connectivity index (χ3v) is 2.57. The molecule has 2 aliphatic heterocycles. The van der Waals surface area contributed by atoms with Gasteiger partial charge in [0.15, 0.2) is 5.79 Å². The summed E-state index contributed by atoms with van der Waals surface area (Å²) in [5, 5.41) is 2.61. The third-order valence-electron chi connectivity index (χ3n) is 2.57. The van der Waals surface area contributed by atoms with Crippen molar-refractivity contribution >= 4 is 6.09 Å². The number of nitrogens with one attached hydrogen (secondary N) is 1. The molecule has 80 valence electrons. The van der Waals surface area contributed by atoms with Crippen molar-refractivity contribution in [2.24, 2.45) is 0 Å². The van der Waals surface area contributed by atoms with Gasteiger partial charge in [-0.3, -0.25) is 0 Å². The smallest absolute Gasteiger partial charge is 0.407 e. The first-order valence-corrected chi connectivity index (χ1v) is 4.90. The number of amides is 1. The Hall–Kier alpha value is -0.810. The Morgan fingerprint density at radius 3 is 2.79 bits per heavy atom. The second kappa shape index (κ2) is 3.74. The van der Waals surface area contributed by atoms with Crippen LogP contribution in [0.3, 0.4) is 0 Å². The fourth-order valence-corrected chi connectivity index (χ4v) is 1.72. The lowest BCUT2D eigenvalue weighted by atomic mass is 10.1. The van der Waals surface area contributed by atoms with Gasteiger partial charge in [0, 0.05) is 6.42 Å². The van der Waals surface area contributed by atoms with Crippen LogP contribution in [0.5, 0.6) is 0 Å². The van der Waals surface area contributed by atoms with Crippen molar-refractivity contribution in [1.29, 1.82) is 0 Å². The van der Waals surface area contributed by atoms with Crippen LogP contribution in [0.4, 0.5) is 4.79 Å². The molecule has 2 heterocycles. The lowest BCUT2D eigenvalue weighted by molar-refractivity contribution is -0.150. The fraction of sp³-hybridized carbons (Fsp3) is 0.889. The minimum atomic E-state index is -0.477. The van der Waals surface area contributed by atoms with E-state index in [1.165, 1.54) is 0 Å². The van der Waals surface area contributed by atoms with Crippen molar-refractivity contribution < 1.29 is 19.0 Å². The van der Waals surface area contributed by atoms with Crippen LogP contribution in [0.1, 0.15) is 19.8 Å². The summed E-state index contributed by atoms with van der Waals surface area (Å²) >= 11 is 0. The van der Waals surface area contributed by atoms with Gasteiger partial charge in [0.1, 0.15) is 6.10 Å². The second-order valence-corrected chi connectivity index (χ2v) is 3.78. The van der Waals surface area contributed by atoms with Crippen molar-refractivity contribution in [2.75, 3.05) is 19.8 Å². The fourth-order valence-electron chi connectivity index (χ4n) is 1.72. The Balaban J connectivity index is 1.74. The van der Waals surface area contributed by atoms with Gasteiger partial charge in [-0.15, -0.1) is 0 Å². The topological polar surface area (TPSA) is 56.8 Å². The molecule has 0 aromatic carbocycles. The number of alkyl carbamates (subject to hydrolysis) is 1. The summed E-state index contributed by atoms with van der Waals surface area (Å²) in [6.07, 6.45) is 1.17. The molecule has 14 heavy (non-hydrogen) atoms. The molecular weight excluding hydrogens is 186 g/mol. The zero-order valence-corrected chi connectivity index (χ0v) is 8.25. The SMILES string of the molecule is CC1(CCC2CNC(=O)O2)OCCO1. The van der Waals surface area contributed by atoms with Crippen molar-refractivity contribution in [2.45, 2.75) is 31.7 Å². The van der Waals surface area contributed by atoms with Gasteiger partial charge in [-0.1, -0.05) is 0 Å². The van der Waals surface area contributed by atoms with E-state index >= 15 is 0 Å². The van der Waals surface area contributed by atoms with Gasteiger partial charge in [0.05, 0.1) is 19.8 Å². The highest BCUT2D eigenvalue weighted by molar-refractivity contribution is 5.69. The standard InChI is InChI=1S/C9H15NO4/c1-9(12-4-5-13-9)3-2-7-6-10-8(11)14-7/h7H,2-6H2,1H3,(H,10,11). The molecule has 0 radical (unpaired) electrons. The lowest BCUT2D eigenvalue weighted by Gasteiger charge is -2.22. The van der Waals surface area contributed by atoms with Crippen LogP contribution in [-0.4, -0.2) is 37.7 Å². The van der Waals surface area contributed by atoms with Crippen LogP contribution >= 0.6 is 0 Å². The van der Waals surface area contributed by atoms with Crippen LogP contribution in [0.2, 0.25) is 0 Å². The maximum atomic E-state index is 10.7. The molecular formula is C9H15NO4. The maximum Gasteiger partial charge on any atom is 0.407 e. The molecule has 0 aliphatic carbocycles. The first kappa shape index (κ1) is 9.73. The zero-order valence-electron chi connectivity index (χ0n) is 8.25. The molecule has 2 aliphatic rings. The molecule has 2 rings (SSSR count). The van der Waals surface area contributed by atoms with E-state index in [0.717, 1.165) is 12.8 Å². The van der Waals surface area contributed by atoms with Gasteiger partial charge in [0.25, 0.3) is 0 Å². The van der Waals surface area contributed by atoms with Crippen molar-refractivity contribution in [1.82, 2.24) is 5.32 Å². The van der Waals surface area contributed by atoms with Gasteiger partial charge < -0.3 is 19.5 Å². The van der Waals surface area contributed by atoms with Crippen LogP contribution in [0.15, 0.2) is 0 Å². The van der Waals surface area contributed by atoms with Crippen LogP contribution in [-0.2, 0) is 14.2 Å². The van der Waals surface area contributed by atoms with Gasteiger partial charge >= 0.3 is 6.09 Å². The predicted octanol–water partition coefficient (Wildman–Crippen LogP) is 0.638. The average molecular weight is 201 g/mol. The number of hydrogen-bond donors (Lipinski definition) is 1. The zero-order chi connectivity index (χ0) is 10.0. The monoisotopic (exact) mass is 201 g/mol. The number of hydrogen-bond acceptors (Lipinski definition) is 4. The van der Waals surface area contributed by atoms with E-state index < -0.39 is 5.79 Å². The molecule has 2 saturated heterocycles. The summed E-state index contributed by atoms with van der Waals surface area (Å²) in [7, 11) is 0. The van der Waals surface area contributed by atoms with E-state index in [-0.39, 0.29) is 12.2 Å². The molecule has 0 saturated carbocycles. The summed E-state index contributed by atoms with van der Waals surface area (Å²) in [4.78, 5) is 10.7. The molecule has 1 atom stereocenters. The van der Waals surface area contributed by atoms with Crippen LogP contribution in [0.25, 0.3) is 0 Å². The molecule has 0 aromatic heterocycles. The molecule has 0 aromatic rings. The van der Waals surface area contributed by atoms with Crippen LogP contribution < -0.4 is 5.32 Å². The van der Waals surface area contributed by atoms with Gasteiger partial charge in [-0.2, -0.15) is 0 Å². The van der Waals surface area contributed by atoms with E-state index in [9.17, 15) is 4.79 Å². The number of carbonyl (C=O) groups excluding carboxylic acids is 1. The largest absolute Gasteiger partial charge is 0.444 e. The molecule has 1 amide bonds. The lowest BCUT2D eigenvalue weighted by Crippen LogP contribution is -2.28. The molecule has 2 fully saturated rings. The molecule has 5 heteroatoms. The Morgan fingerprint density at radius 1 is 1.50 bits per heavy atom. The number of cyclic esters (lactones) is 1. The van der Waals surface area contributed by atoms with Gasteiger partial charge in [-0.25, -0.2) is 4.79 Å². The van der Waals surface area contributed by atoms with Crippen molar-refractivity contribution in [3.63, 3.8) is 0 Å². The summed E-state index contributed by atoms with van der Waals surface area (Å²) in [6, 6.07) is 0. The highest BCUT2D eigenvalue weighted by Crippen LogP contribution is 2.25. The third kappa shape index (κ3) is 2.16. The second-order valence-electron chi connectivity index (χ2n) is 3.78. The minimum Gasteiger partial charge on any atom is -0.444 e. The van der Waals surface area contributed by atoms with E-state index in [1.807, 2.05) is 6.92 Å². The van der Waals surface area contributed by atoms with E-state index in [4.69, 9.17) is 14.2 Å². The normalized spacial score (nSPS) is 30.1. The highest BCUT2D eigenvalue weighted by atomic mass is 16.7. The number of rotatable bonds is 3. The van der Waals surface area contributed by atoms with Crippen LogP contribution in [0, 0.1) is 0 Å². The van der Waals surface area contributed by atoms with Crippen molar-refractivity contribution in [3.05, 3.63) is 0 Å². The molecule has 1 N–H and O–H groups in total. The summed E-state index contributed by atoms with van der Waals surface area (Å²) in [6.45, 7) is 3.82. The number of ether oxygens (including phenoxy) is 3. The predicted molar refractivity (Wildman–Crippen MR) is 47.8 cm³/mol. The Bertz CT molecular complexity index is 225. The molecule has 0 bridgehead atoms. The molecule has 0 spiro atoms. The average Bonchev–Trinajstić information content (AvgIpc) is 2.73. The summed E-state index contributed by atoms with van der Waals surface area (Å²) in [5.41, 5.74) is 0. The summed E-state index contributed by atoms with van der Waals surface area (Å²) < 4.78 is 15.9. The first-order valence-electron chi connectivity index (χ1n) is 4.90. The van der Waals surface area contributed by atoms with E-state index in [1.54, 1.807) is 0 Å². The number of carbonyl (C=O) groups is 1. The molecule has 1 unspecified atom stereocenters. The Morgan fingerprint density at radius 2 is 2.21 bits per heavy atom. The van der Waals surface area contributed by atoms with E-state index in [0.29, 0.717) is 19.8 Å². The highest BCUT2D eigenvalue weighted by Gasteiger charge is 2.33. The van der Waals surface area contributed by atoms with Gasteiger partial charge in [-0.05, 0) is 13.3 Å². The first-order chi connectivity index (χ1) is 6.68. The Labute approximate surface area is 82.7 Å². The van der Waals surface area contributed by atoms with Gasteiger partial charge in [0.2, 0.25) is 0 Å². The molecule has 5 nitrogen and oxygen atoms in total.